The zero-order valence-electron chi connectivity index (χ0n) is 12.0. The molecule has 0 aromatic carbocycles. The molecule has 121 valence electrons. The monoisotopic (exact) mass is 351 g/mol. The van der Waals surface area contributed by atoms with Crippen LogP contribution in [-0.2, 0) is 17.1 Å². The minimum absolute atomic E-state index is 0. The first-order chi connectivity index (χ1) is 9.69. The fourth-order valence-electron chi connectivity index (χ4n) is 1.21. The number of nitrogens with zero attached hydrogens (tertiary/aromatic N) is 4. The molecule has 2 N–H and O–H groups in total. The molecule has 0 aliphatic rings. The zero-order valence-corrected chi connectivity index (χ0v) is 13.0. The third-order valence-corrected chi connectivity index (χ3v) is 2.16. The first-order valence-electron chi connectivity index (χ1n) is 5.79. The van der Waals surface area contributed by atoms with Crippen molar-refractivity contribution in [3.63, 3.8) is 0 Å². The predicted molar refractivity (Wildman–Crippen MR) is 77.0 cm³/mol. The fourth-order valence-corrected chi connectivity index (χ4v) is 1.21. The molecule has 0 amide bonds. The predicted octanol–water partition coefficient (Wildman–Crippen LogP) is -1.19. The van der Waals surface area contributed by atoms with Gasteiger partial charge in [0.2, 0.25) is 0 Å². The van der Waals surface area contributed by atoms with E-state index in [1.54, 1.807) is 18.5 Å². The van der Waals surface area contributed by atoms with E-state index in [0.717, 1.165) is 0 Å². The van der Waals surface area contributed by atoms with E-state index in [4.69, 9.17) is 0 Å². The molecule has 0 saturated carbocycles. The average Bonchev–Trinajstić information content (AvgIpc) is 2.55. The number of hydrogen-bond acceptors (Lipinski definition) is 6. The van der Waals surface area contributed by atoms with Crippen molar-refractivity contribution in [2.24, 2.45) is 9.98 Å². The molecule has 0 saturated heterocycles. The normalized spacial score (nSPS) is 10.5. The maximum atomic E-state index is 11.1. The van der Waals surface area contributed by atoms with Gasteiger partial charge in [-0.15, -0.1) is 0 Å². The summed E-state index contributed by atoms with van der Waals surface area (Å²) in [5.41, 5.74) is 0.309. The molecule has 7 nitrogen and oxygen atoms in total. The van der Waals surface area contributed by atoms with Gasteiger partial charge >= 0.3 is 17.1 Å². The van der Waals surface area contributed by atoms with Gasteiger partial charge in [0.25, 0.3) is 0 Å². The Hall–Kier alpha value is -2.28. The van der Waals surface area contributed by atoms with Gasteiger partial charge < -0.3 is 25.7 Å². The van der Waals surface area contributed by atoms with E-state index in [1.807, 2.05) is 18.2 Å². The van der Waals surface area contributed by atoms with E-state index >= 15 is 0 Å². The standard InChI is InChI=1S/C9H11N3O2.C5H5N.Cu.H2O/c1-10-8(13)6-4-3-5-7(12-6)9(14)11-2;1-2-4-6-5-3-1;;/h3-5H,1-2H3,(H,10,13)(H,11,14);1-5H;;1H2/q;;+2;/p-2. The van der Waals surface area contributed by atoms with E-state index in [-0.39, 0.29) is 33.9 Å². The van der Waals surface area contributed by atoms with Crippen LogP contribution in [0, 0.1) is 0 Å². The van der Waals surface area contributed by atoms with Crippen LogP contribution in [0.4, 0.5) is 0 Å². The summed E-state index contributed by atoms with van der Waals surface area (Å²) in [4.78, 5) is 14.5. The van der Waals surface area contributed by atoms with Gasteiger partial charge in [0.1, 0.15) is 0 Å². The zero-order chi connectivity index (χ0) is 14.8. The van der Waals surface area contributed by atoms with Crippen molar-refractivity contribution < 1.29 is 32.8 Å². The van der Waals surface area contributed by atoms with Gasteiger partial charge in [-0.3, -0.25) is 4.98 Å². The molecular weight excluding hydrogens is 336 g/mol. The van der Waals surface area contributed by atoms with Gasteiger partial charge in [0.15, 0.2) is 0 Å². The molecule has 0 bridgehead atoms. The first-order valence-corrected chi connectivity index (χ1v) is 5.79. The molecule has 0 spiro atoms. The molecule has 1 radical (unpaired) electrons. The number of rotatable bonds is 2. The molecule has 2 heterocycles. The first kappa shape index (κ1) is 22.0. The average molecular weight is 352 g/mol. The Balaban J connectivity index is 0. The third kappa shape index (κ3) is 7.49. The van der Waals surface area contributed by atoms with Gasteiger partial charge in [0, 0.05) is 38.3 Å². The second kappa shape index (κ2) is 12.5. The molecule has 2 rings (SSSR count). The minimum Gasteiger partial charge on any atom is -0.857 e. The second-order valence-electron chi connectivity index (χ2n) is 3.49. The largest absolute Gasteiger partial charge is 2.00 e. The summed E-state index contributed by atoms with van der Waals surface area (Å²) in [5.74, 6) is -0.897. The summed E-state index contributed by atoms with van der Waals surface area (Å²) in [7, 11) is 2.76. The van der Waals surface area contributed by atoms with Gasteiger partial charge in [-0.2, -0.15) is 0 Å². The van der Waals surface area contributed by atoms with Crippen LogP contribution in [0.5, 0.6) is 0 Å². The van der Waals surface area contributed by atoms with Crippen LogP contribution in [0.25, 0.3) is 0 Å². The number of hydrogen-bond donors (Lipinski definition) is 0. The van der Waals surface area contributed by atoms with Crippen molar-refractivity contribution in [3.05, 3.63) is 60.2 Å². The van der Waals surface area contributed by atoms with Crippen molar-refractivity contribution in [1.29, 1.82) is 0 Å². The molecule has 0 atom stereocenters. The number of aliphatic imine (C=N–C) groups is 2. The van der Waals surface area contributed by atoms with Gasteiger partial charge in [-0.25, -0.2) is 4.98 Å². The van der Waals surface area contributed by atoms with Crippen LogP contribution in [0.3, 0.4) is 0 Å². The van der Waals surface area contributed by atoms with Crippen LogP contribution >= 0.6 is 0 Å². The Morgan fingerprint density at radius 1 is 0.864 bits per heavy atom. The molecule has 2 aromatic heterocycles. The summed E-state index contributed by atoms with van der Waals surface area (Å²) in [6.45, 7) is 0. The van der Waals surface area contributed by atoms with Crippen molar-refractivity contribution in [3.8, 4) is 0 Å². The topological polar surface area (TPSA) is 128 Å². The maximum absolute atomic E-state index is 11.1. The third-order valence-electron chi connectivity index (χ3n) is 2.16. The Labute approximate surface area is 139 Å². The summed E-state index contributed by atoms with van der Waals surface area (Å²) in [6.07, 6.45) is 3.50. The Morgan fingerprint density at radius 3 is 1.59 bits per heavy atom. The molecule has 0 aliphatic carbocycles. The van der Waals surface area contributed by atoms with Gasteiger partial charge in [0.05, 0.1) is 11.4 Å². The number of aromatic nitrogens is 2. The molecule has 2 aromatic rings. The molecular formula is C14H16CuN4O3. The van der Waals surface area contributed by atoms with Crippen LogP contribution in [0.15, 0.2) is 58.8 Å². The fraction of sp³-hybridized carbons (Fsp3) is 0.143. The Morgan fingerprint density at radius 2 is 1.32 bits per heavy atom. The van der Waals surface area contributed by atoms with E-state index < -0.39 is 11.8 Å². The quantitative estimate of drug-likeness (QED) is 0.382. The van der Waals surface area contributed by atoms with Gasteiger partial charge in [-0.1, -0.05) is 12.1 Å². The molecule has 22 heavy (non-hydrogen) atoms. The van der Waals surface area contributed by atoms with Crippen molar-refractivity contribution in [2.45, 2.75) is 0 Å². The Kier molecular flexibility index (Phi) is 12.5. The summed E-state index contributed by atoms with van der Waals surface area (Å²) >= 11 is 0. The van der Waals surface area contributed by atoms with Crippen LogP contribution < -0.4 is 10.2 Å². The van der Waals surface area contributed by atoms with Crippen molar-refractivity contribution in [1.82, 2.24) is 9.97 Å². The van der Waals surface area contributed by atoms with E-state index in [9.17, 15) is 10.2 Å². The summed E-state index contributed by atoms with van der Waals surface area (Å²) < 4.78 is 0. The minimum atomic E-state index is -0.448. The van der Waals surface area contributed by atoms with Crippen molar-refractivity contribution >= 4 is 11.8 Å². The smallest absolute Gasteiger partial charge is 0.857 e. The van der Waals surface area contributed by atoms with Gasteiger partial charge in [-0.05, 0) is 24.3 Å². The van der Waals surface area contributed by atoms with E-state index in [2.05, 4.69) is 20.0 Å². The van der Waals surface area contributed by atoms with Crippen LogP contribution in [0.1, 0.15) is 11.4 Å². The van der Waals surface area contributed by atoms with Crippen LogP contribution in [-0.4, -0.2) is 41.3 Å². The molecule has 0 unspecified atom stereocenters. The second-order valence-corrected chi connectivity index (χ2v) is 3.49. The Bertz CT molecular complexity index is 532. The SMILES string of the molecule is CN=C([O-])c1cccc(C([O-])=NC)n1.O.[Cu+2].c1ccncc1. The maximum Gasteiger partial charge on any atom is 2.00 e. The molecule has 0 fully saturated rings. The summed E-state index contributed by atoms with van der Waals surface area (Å²) in [5, 5.41) is 22.2. The van der Waals surface area contributed by atoms with Crippen molar-refractivity contribution in [2.75, 3.05) is 14.1 Å². The van der Waals surface area contributed by atoms with Crippen LogP contribution in [0.2, 0.25) is 0 Å². The number of pyridine rings is 2. The van der Waals surface area contributed by atoms with E-state index in [0.29, 0.717) is 0 Å². The molecule has 8 heteroatoms. The van der Waals surface area contributed by atoms with E-state index in [1.165, 1.54) is 26.2 Å². The summed E-state index contributed by atoms with van der Waals surface area (Å²) in [6, 6.07) is 10.3. The molecule has 0 aliphatic heterocycles.